The van der Waals surface area contributed by atoms with Crippen molar-refractivity contribution in [1.29, 1.82) is 0 Å². The molecule has 2 aromatic heterocycles. The molecule has 0 bridgehead atoms. The quantitative estimate of drug-likeness (QED) is 0.0248. The highest BCUT2D eigenvalue weighted by Crippen LogP contribution is 2.21. The molecule has 1 aromatic carbocycles. The second kappa shape index (κ2) is 33.2. The molecule has 2 aliphatic rings. The van der Waals surface area contributed by atoms with Crippen molar-refractivity contribution >= 4 is 64.0 Å². The Hall–Kier alpha value is -6.96. The van der Waals surface area contributed by atoms with Gasteiger partial charge in [-0.2, -0.15) is 0 Å². The molecule has 0 saturated carbocycles. The summed E-state index contributed by atoms with van der Waals surface area (Å²) in [5.41, 5.74) is 7.74. The second-order valence-electron chi connectivity index (χ2n) is 18.5. The molecule has 76 heavy (non-hydrogen) atoms. The van der Waals surface area contributed by atoms with Crippen LogP contribution in [-0.2, 0) is 58.9 Å². The molecule has 2 fully saturated rings. The van der Waals surface area contributed by atoms with E-state index in [2.05, 4.69) is 37.6 Å². The average molecular weight is 1070 g/mol. The third-order valence-electron chi connectivity index (χ3n) is 13.0. The monoisotopic (exact) mass is 1070 g/mol. The van der Waals surface area contributed by atoms with Gasteiger partial charge in [0.25, 0.3) is 5.91 Å². The topological polar surface area (TPSA) is 338 Å². The van der Waals surface area contributed by atoms with Crippen molar-refractivity contribution in [3.8, 4) is 0 Å². The number of ether oxygens (including phenoxy) is 4. The van der Waals surface area contributed by atoms with Crippen LogP contribution in [0.25, 0.3) is 10.9 Å². The molecule has 3 aromatic rings. The SMILES string of the molecule is NC(=O)C(CCCCNC(=O)c1ccc([N+](=O)[O-])o1)NC(=O)CCOCCOCCNC(=O)C1CCN(C(=O)CNC(=O)C2CCN(C(=O)CCOCCOCCNC(=O)CCCc3c[nH]c4ccccc34)CC2)CC1. The predicted octanol–water partition coefficient (Wildman–Crippen LogP) is 1.23. The highest BCUT2D eigenvalue weighted by atomic mass is 16.6. The molecule has 0 aliphatic carbocycles. The van der Waals surface area contributed by atoms with Crippen molar-refractivity contribution in [2.45, 2.75) is 83.1 Å². The van der Waals surface area contributed by atoms with Crippen LogP contribution in [0.3, 0.4) is 0 Å². The van der Waals surface area contributed by atoms with Crippen LogP contribution in [0.5, 0.6) is 0 Å². The van der Waals surface area contributed by atoms with Crippen LogP contribution in [0.1, 0.15) is 86.7 Å². The van der Waals surface area contributed by atoms with Crippen LogP contribution in [0, 0.1) is 22.0 Å². The predicted molar refractivity (Wildman–Crippen MR) is 274 cm³/mol. The lowest BCUT2D eigenvalue weighted by Crippen LogP contribution is -2.48. The molecule has 1 unspecified atom stereocenters. The second-order valence-corrected chi connectivity index (χ2v) is 18.5. The van der Waals surface area contributed by atoms with E-state index in [1.54, 1.807) is 9.80 Å². The largest absolute Gasteiger partial charge is 0.433 e. The molecule has 8 N–H and O–H groups in total. The molecule has 2 saturated heterocycles. The number of nitrogens with zero attached hydrogens (tertiary/aromatic N) is 3. The molecule has 8 amide bonds. The number of nitrogens with one attached hydrogen (secondary N) is 6. The number of carbonyl (C=O) groups is 8. The zero-order valence-electron chi connectivity index (χ0n) is 43.1. The summed E-state index contributed by atoms with van der Waals surface area (Å²) in [6.45, 7) is 4.43. The number of piperidine rings is 2. The third kappa shape index (κ3) is 21.3. The summed E-state index contributed by atoms with van der Waals surface area (Å²) in [6.07, 6.45) is 7.30. The fourth-order valence-electron chi connectivity index (χ4n) is 8.71. The van der Waals surface area contributed by atoms with E-state index in [0.717, 1.165) is 24.4 Å². The van der Waals surface area contributed by atoms with E-state index in [1.165, 1.54) is 17.0 Å². The first-order chi connectivity index (χ1) is 36.8. The number of primary amides is 1. The number of carbonyl (C=O) groups excluding carboxylic acids is 8. The van der Waals surface area contributed by atoms with Gasteiger partial charge in [0.15, 0.2) is 5.76 Å². The Kier molecular flexibility index (Phi) is 26.1. The zero-order chi connectivity index (χ0) is 54.5. The number of nitrogens with two attached hydrogens (primary N) is 1. The van der Waals surface area contributed by atoms with E-state index < -0.39 is 34.6 Å². The lowest BCUT2D eigenvalue weighted by atomic mass is 9.95. The number of aromatic nitrogens is 1. The number of unbranched alkanes of at least 4 members (excludes halogenated alkanes) is 1. The molecule has 0 radical (unpaired) electrons. The summed E-state index contributed by atoms with van der Waals surface area (Å²) >= 11 is 0. The molecule has 25 nitrogen and oxygen atoms in total. The summed E-state index contributed by atoms with van der Waals surface area (Å²) in [5, 5.41) is 25.5. The number of H-pyrrole nitrogens is 1. The van der Waals surface area contributed by atoms with Gasteiger partial charge in [-0.3, -0.25) is 48.5 Å². The van der Waals surface area contributed by atoms with E-state index in [1.807, 2.05) is 24.4 Å². The molecule has 4 heterocycles. The van der Waals surface area contributed by atoms with Gasteiger partial charge >= 0.3 is 5.88 Å². The summed E-state index contributed by atoms with van der Waals surface area (Å²) < 4.78 is 26.9. The maximum Gasteiger partial charge on any atom is 0.433 e. The summed E-state index contributed by atoms with van der Waals surface area (Å²) in [5.74, 6) is -3.68. The Balaban J connectivity index is 0.781. The Morgan fingerprint density at radius 2 is 1.28 bits per heavy atom. The number of fused-ring (bicyclic) bond motifs is 1. The van der Waals surface area contributed by atoms with Gasteiger partial charge < -0.3 is 70.5 Å². The highest BCUT2D eigenvalue weighted by Gasteiger charge is 2.30. The van der Waals surface area contributed by atoms with Crippen LogP contribution in [0.4, 0.5) is 5.88 Å². The maximum absolute atomic E-state index is 12.9. The number of likely N-dealkylation sites (tertiary alicyclic amines) is 2. The molecule has 2 aliphatic heterocycles. The van der Waals surface area contributed by atoms with Crippen molar-refractivity contribution in [2.24, 2.45) is 17.6 Å². The van der Waals surface area contributed by atoms with Gasteiger partial charge in [0, 0.05) is 87.6 Å². The number of furan rings is 1. The minimum Gasteiger partial charge on any atom is -0.395 e. The Morgan fingerprint density at radius 3 is 1.92 bits per heavy atom. The Labute approximate surface area is 440 Å². The smallest absolute Gasteiger partial charge is 0.395 e. The van der Waals surface area contributed by atoms with Crippen LogP contribution in [-0.4, -0.2) is 178 Å². The van der Waals surface area contributed by atoms with Crippen LogP contribution >= 0.6 is 0 Å². The van der Waals surface area contributed by atoms with Crippen LogP contribution < -0.4 is 32.3 Å². The Morgan fingerprint density at radius 1 is 0.671 bits per heavy atom. The normalized spacial score (nSPS) is 14.5. The van der Waals surface area contributed by atoms with Gasteiger partial charge in [-0.15, -0.1) is 0 Å². The average Bonchev–Trinajstić information content (AvgIpc) is 4.10. The Bertz CT molecular complexity index is 2360. The van der Waals surface area contributed by atoms with Gasteiger partial charge in [0.1, 0.15) is 11.0 Å². The number of hydrogen-bond acceptors (Lipinski definition) is 15. The summed E-state index contributed by atoms with van der Waals surface area (Å²) in [6, 6.07) is 9.47. The highest BCUT2D eigenvalue weighted by molar-refractivity contribution is 5.91. The lowest BCUT2D eigenvalue weighted by molar-refractivity contribution is -0.402. The third-order valence-corrected chi connectivity index (χ3v) is 13.0. The zero-order valence-corrected chi connectivity index (χ0v) is 43.1. The number of aryl methyl sites for hydroxylation is 1. The fourth-order valence-corrected chi connectivity index (χ4v) is 8.71. The molecule has 418 valence electrons. The molecule has 25 heteroatoms. The van der Waals surface area contributed by atoms with Crippen LogP contribution in [0.2, 0.25) is 0 Å². The minimum atomic E-state index is -0.913. The van der Waals surface area contributed by atoms with Gasteiger partial charge in [-0.25, -0.2) is 0 Å². The molecule has 5 rings (SSSR count). The first-order valence-corrected chi connectivity index (χ1v) is 26.1. The molecular formula is C51H74N10O15. The van der Waals surface area contributed by atoms with Crippen molar-refractivity contribution in [3.63, 3.8) is 0 Å². The number of nitro groups is 1. The van der Waals surface area contributed by atoms with Gasteiger partial charge in [-0.05, 0) is 75.5 Å². The molecular weight excluding hydrogens is 993 g/mol. The number of hydrogen-bond donors (Lipinski definition) is 7. The first-order valence-electron chi connectivity index (χ1n) is 26.1. The number of para-hydroxylation sites is 1. The van der Waals surface area contributed by atoms with E-state index in [0.29, 0.717) is 97.5 Å². The van der Waals surface area contributed by atoms with E-state index >= 15 is 0 Å². The number of aromatic amines is 1. The first kappa shape index (κ1) is 59.9. The number of benzene rings is 1. The summed E-state index contributed by atoms with van der Waals surface area (Å²) in [7, 11) is 0. The van der Waals surface area contributed by atoms with Crippen molar-refractivity contribution in [1.82, 2.24) is 41.4 Å². The fraction of sp³-hybridized carbons (Fsp3) is 0.608. The van der Waals surface area contributed by atoms with Crippen LogP contribution in [0.15, 0.2) is 47.0 Å². The lowest BCUT2D eigenvalue weighted by Gasteiger charge is -2.32. The van der Waals surface area contributed by atoms with E-state index in [4.69, 9.17) is 29.1 Å². The standard InChI is InChI=1S/C51H74N10O15/c52-48(66)41(9-3-4-19-54-51(69)42-11-12-47(76-42)61(70)71)58-44(63)17-26-72-30-32-75-29-21-55-49(67)36-15-24-60(25-16-36)46(65)35-57-50(68)37-13-22-59(23-14-37)45(64)18-27-73-31-33-74-28-20-53-43(62)10-5-6-38-34-56-40-8-2-1-7-39(38)40/h1-2,7-8,11-12,34,36-37,41,56H,3-6,9-10,13-33,35H2,(H2,52,66)(H,53,62)(H,54,69)(H,55,67)(H,57,68)(H,58,63). The van der Waals surface area contributed by atoms with Gasteiger partial charge in [-0.1, -0.05) is 18.2 Å². The van der Waals surface area contributed by atoms with E-state index in [-0.39, 0.29) is 119 Å². The molecule has 1 atom stereocenters. The van der Waals surface area contributed by atoms with Crippen molar-refractivity contribution < 1.29 is 66.6 Å². The number of rotatable bonds is 35. The van der Waals surface area contributed by atoms with E-state index in [9.17, 15) is 48.5 Å². The number of amides is 8. The minimum absolute atomic E-state index is 0.0126. The summed E-state index contributed by atoms with van der Waals surface area (Å²) in [4.78, 5) is 116. The van der Waals surface area contributed by atoms with Gasteiger partial charge in [0.2, 0.25) is 41.4 Å². The molecule has 0 spiro atoms. The van der Waals surface area contributed by atoms with Crippen molar-refractivity contribution in [3.05, 3.63) is 64.0 Å². The van der Waals surface area contributed by atoms with Gasteiger partial charge in [0.05, 0.1) is 71.9 Å². The maximum atomic E-state index is 12.9. The van der Waals surface area contributed by atoms with Crippen molar-refractivity contribution in [2.75, 3.05) is 105 Å².